The smallest absolute Gasteiger partial charge is 0.291 e. The molecule has 0 fully saturated rings. The fourth-order valence-corrected chi connectivity index (χ4v) is 5.06. The average molecular weight is 493 g/mol. The summed E-state index contributed by atoms with van der Waals surface area (Å²) < 4.78 is 28.9. The van der Waals surface area contributed by atoms with Crippen molar-refractivity contribution in [3.63, 3.8) is 0 Å². The lowest BCUT2D eigenvalue weighted by atomic mass is 9.86. The summed E-state index contributed by atoms with van der Waals surface area (Å²) in [4.78, 5) is 27.8. The highest BCUT2D eigenvalue weighted by Gasteiger charge is 2.41. The predicted molar refractivity (Wildman–Crippen MR) is 130 cm³/mol. The van der Waals surface area contributed by atoms with Crippen LogP contribution in [0.25, 0.3) is 5.69 Å². The number of sulfonamides is 1. The van der Waals surface area contributed by atoms with Crippen molar-refractivity contribution in [2.75, 3.05) is 0 Å². The van der Waals surface area contributed by atoms with Gasteiger partial charge in [-0.05, 0) is 30.2 Å². The quantitative estimate of drug-likeness (QED) is 0.339. The number of nitrogens with one attached hydrogen (secondary N) is 2. The molecule has 0 saturated carbocycles. The number of hydrazine groups is 1. The van der Waals surface area contributed by atoms with Crippen molar-refractivity contribution in [1.29, 1.82) is 0 Å². The van der Waals surface area contributed by atoms with Crippen LogP contribution in [0.2, 0.25) is 0 Å². The zero-order valence-corrected chi connectivity index (χ0v) is 19.9. The topological polar surface area (TPSA) is 122 Å². The van der Waals surface area contributed by atoms with E-state index in [2.05, 4.69) is 5.43 Å². The highest BCUT2D eigenvalue weighted by Crippen LogP contribution is 2.29. The molecule has 0 atom stereocenters. The summed E-state index contributed by atoms with van der Waals surface area (Å²) in [7, 11) is -2.94. The Bertz CT molecular complexity index is 1470. The highest BCUT2D eigenvalue weighted by molar-refractivity contribution is 7.89. The number of hydrogen-bond acceptors (Lipinski definition) is 5. The summed E-state index contributed by atoms with van der Waals surface area (Å²) >= 11 is 0. The molecular weight excluding hydrogens is 468 g/mol. The number of nitrogens with zero attached hydrogens (tertiary/aromatic N) is 2. The molecule has 4 aromatic rings. The third-order valence-corrected chi connectivity index (χ3v) is 7.16. The summed E-state index contributed by atoms with van der Waals surface area (Å²) in [6, 6.07) is 24.9. The van der Waals surface area contributed by atoms with Crippen LogP contribution in [0, 0.1) is 6.92 Å². The maximum Gasteiger partial charge on any atom is 0.291 e. The third kappa shape index (κ3) is 4.30. The molecule has 0 bridgehead atoms. The van der Waals surface area contributed by atoms with Gasteiger partial charge in [0.2, 0.25) is 0 Å². The molecule has 0 aliphatic rings. The van der Waals surface area contributed by atoms with Crippen molar-refractivity contribution in [3.05, 3.63) is 118 Å². The van der Waals surface area contributed by atoms with Crippen LogP contribution < -0.4 is 15.8 Å². The van der Waals surface area contributed by atoms with Gasteiger partial charge in [0.1, 0.15) is 0 Å². The van der Waals surface area contributed by atoms with Gasteiger partial charge in [0, 0.05) is 7.05 Å². The summed E-state index contributed by atoms with van der Waals surface area (Å²) in [5.41, 5.74) is 0.259. The Morgan fingerprint density at radius 3 is 1.80 bits per heavy atom. The van der Waals surface area contributed by atoms with E-state index in [0.29, 0.717) is 5.69 Å². The number of carbonyl (C=O) groups is 1. The highest BCUT2D eigenvalue weighted by atomic mass is 32.2. The van der Waals surface area contributed by atoms with Crippen LogP contribution in [0.3, 0.4) is 0 Å². The van der Waals surface area contributed by atoms with Crippen LogP contribution in [-0.2, 0) is 27.5 Å². The van der Waals surface area contributed by atoms with Gasteiger partial charge in [-0.3, -0.25) is 19.7 Å². The lowest BCUT2D eigenvalue weighted by molar-refractivity contribution is -0.137. The van der Waals surface area contributed by atoms with Crippen molar-refractivity contribution in [2.45, 2.75) is 17.4 Å². The molecular formula is C25H24N4O5S. The maximum atomic E-state index is 13.2. The van der Waals surface area contributed by atoms with E-state index in [0.717, 1.165) is 0 Å². The van der Waals surface area contributed by atoms with Gasteiger partial charge in [0.25, 0.3) is 21.5 Å². The maximum absolute atomic E-state index is 13.2. The van der Waals surface area contributed by atoms with Crippen molar-refractivity contribution >= 4 is 15.9 Å². The van der Waals surface area contributed by atoms with E-state index in [1.54, 1.807) is 98.0 Å². The van der Waals surface area contributed by atoms with Crippen molar-refractivity contribution in [1.82, 2.24) is 19.6 Å². The number of hydrogen-bond donors (Lipinski definition) is 3. The lowest BCUT2D eigenvalue weighted by Gasteiger charge is -2.28. The molecule has 0 aliphatic heterocycles. The molecule has 180 valence electrons. The zero-order valence-electron chi connectivity index (χ0n) is 19.0. The summed E-state index contributed by atoms with van der Waals surface area (Å²) in [6.45, 7) is 1.49. The molecule has 10 heteroatoms. The average Bonchev–Trinajstić information content (AvgIpc) is 3.11. The Morgan fingerprint density at radius 2 is 1.31 bits per heavy atom. The van der Waals surface area contributed by atoms with E-state index in [4.69, 9.17) is 0 Å². The van der Waals surface area contributed by atoms with Crippen molar-refractivity contribution in [3.8, 4) is 5.69 Å². The number of aromatic nitrogens is 2. The molecule has 0 aliphatic carbocycles. The Labute approximate surface area is 202 Å². The molecule has 3 N–H and O–H groups in total. The van der Waals surface area contributed by atoms with Crippen molar-refractivity contribution < 1.29 is 18.3 Å². The summed E-state index contributed by atoms with van der Waals surface area (Å²) in [6.07, 6.45) is 0. The van der Waals surface area contributed by atoms with Gasteiger partial charge in [-0.1, -0.05) is 78.9 Å². The van der Waals surface area contributed by atoms with Crippen LogP contribution in [0.5, 0.6) is 0 Å². The fourth-order valence-electron chi connectivity index (χ4n) is 3.90. The second-order valence-electron chi connectivity index (χ2n) is 7.89. The van der Waals surface area contributed by atoms with Crippen LogP contribution >= 0.6 is 0 Å². The number of para-hydroxylation sites is 1. The van der Waals surface area contributed by atoms with E-state index in [9.17, 15) is 23.1 Å². The number of rotatable bonds is 7. The van der Waals surface area contributed by atoms with Gasteiger partial charge in [0.05, 0.1) is 11.4 Å². The second-order valence-corrected chi connectivity index (χ2v) is 9.51. The van der Waals surface area contributed by atoms with E-state index in [1.165, 1.54) is 16.3 Å². The number of benzene rings is 3. The summed E-state index contributed by atoms with van der Waals surface area (Å²) in [5, 5.41) is 11.5. The first kappa shape index (κ1) is 24.1. The standard InChI is InChI=1S/C25H24N4O5S/c1-18-22(23(30)29(28(18)2)21-16-10-5-11-17-21)35(33,34)27-26-24(31)25(32,19-12-6-3-7-13-19)20-14-8-4-9-15-20/h3-17,27,32H,1-2H3,(H,26,31). The van der Waals surface area contributed by atoms with E-state index < -0.39 is 32.0 Å². The molecule has 1 aromatic heterocycles. The molecule has 0 spiro atoms. The van der Waals surface area contributed by atoms with Gasteiger partial charge in [-0.25, -0.2) is 13.1 Å². The first-order valence-electron chi connectivity index (χ1n) is 10.7. The zero-order chi connectivity index (χ0) is 25.2. The number of carbonyl (C=O) groups excluding carboxylic acids is 1. The monoisotopic (exact) mass is 492 g/mol. The molecule has 0 saturated heterocycles. The van der Waals surface area contributed by atoms with Crippen LogP contribution in [0.4, 0.5) is 0 Å². The molecule has 4 rings (SSSR count). The van der Waals surface area contributed by atoms with Gasteiger partial charge in [-0.2, -0.15) is 0 Å². The van der Waals surface area contributed by atoms with Gasteiger partial charge in [-0.15, -0.1) is 4.83 Å². The Balaban J connectivity index is 1.69. The SMILES string of the molecule is Cc1c(S(=O)(=O)NNC(=O)C(O)(c2ccccc2)c2ccccc2)c(=O)n(-c2ccccc2)n1C. The molecule has 1 amide bonds. The molecule has 0 radical (unpaired) electrons. The van der Waals surface area contributed by atoms with Gasteiger partial charge < -0.3 is 5.11 Å². The second kappa shape index (κ2) is 9.34. The fraction of sp³-hybridized carbons (Fsp3) is 0.120. The molecule has 35 heavy (non-hydrogen) atoms. The minimum Gasteiger partial charge on any atom is -0.372 e. The largest absolute Gasteiger partial charge is 0.372 e. The minimum absolute atomic E-state index is 0.169. The van der Waals surface area contributed by atoms with Gasteiger partial charge >= 0.3 is 0 Å². The Morgan fingerprint density at radius 1 is 0.857 bits per heavy atom. The minimum atomic E-state index is -4.50. The molecule has 0 unspecified atom stereocenters. The molecule has 3 aromatic carbocycles. The van der Waals surface area contributed by atoms with Crippen LogP contribution in [-0.4, -0.2) is 28.8 Å². The normalized spacial score (nSPS) is 11.9. The number of amides is 1. The van der Waals surface area contributed by atoms with E-state index in [-0.39, 0.29) is 16.8 Å². The van der Waals surface area contributed by atoms with Crippen LogP contribution in [0.15, 0.2) is 101 Å². The third-order valence-electron chi connectivity index (χ3n) is 5.78. The molecule has 9 nitrogen and oxygen atoms in total. The van der Waals surface area contributed by atoms with Crippen molar-refractivity contribution in [2.24, 2.45) is 7.05 Å². The van der Waals surface area contributed by atoms with E-state index in [1.807, 2.05) is 4.83 Å². The Kier molecular flexibility index (Phi) is 6.44. The van der Waals surface area contributed by atoms with E-state index >= 15 is 0 Å². The summed E-state index contributed by atoms with van der Waals surface area (Å²) in [5.74, 6) is -1.03. The first-order valence-corrected chi connectivity index (χ1v) is 12.2. The number of aliphatic hydroxyl groups is 1. The van der Waals surface area contributed by atoms with Crippen LogP contribution in [0.1, 0.15) is 16.8 Å². The molecule has 1 heterocycles. The lowest BCUT2D eigenvalue weighted by Crippen LogP contribution is -2.52. The van der Waals surface area contributed by atoms with Gasteiger partial charge in [0.15, 0.2) is 10.5 Å². The first-order chi connectivity index (χ1) is 16.7. The Hall–Kier alpha value is -3.99. The predicted octanol–water partition coefficient (Wildman–Crippen LogP) is 1.73.